The molecule has 0 saturated carbocycles. The van der Waals surface area contributed by atoms with E-state index >= 15 is 0 Å². The molecule has 0 saturated heterocycles. The normalized spacial score (nSPS) is 12.9. The fourth-order valence-electron chi connectivity index (χ4n) is 4.85. The molecule has 0 aromatic heterocycles. The Labute approximate surface area is 221 Å². The highest BCUT2D eigenvalue weighted by atomic mass is 16.7. The Morgan fingerprint density at radius 3 is 1.64 bits per heavy atom. The van der Waals surface area contributed by atoms with E-state index in [0.29, 0.717) is 12.8 Å². The van der Waals surface area contributed by atoms with Gasteiger partial charge in [0.1, 0.15) is 0 Å². The van der Waals surface area contributed by atoms with Crippen LogP contribution < -0.4 is 5.32 Å². The number of nitrogens with zero attached hydrogens (tertiary/aromatic N) is 1. The minimum Gasteiger partial charge on any atom is -0.366 e. The molecular weight excluding hydrogens is 448 g/mol. The molecule has 0 radical (unpaired) electrons. The first-order chi connectivity index (χ1) is 17.5. The Kier molecular flexibility index (Phi) is 18.0. The summed E-state index contributed by atoms with van der Waals surface area (Å²) in [7, 11) is 3.36. The number of rotatable bonds is 22. The van der Waals surface area contributed by atoms with Crippen LogP contribution in [0.3, 0.4) is 0 Å². The van der Waals surface area contributed by atoms with E-state index in [4.69, 9.17) is 4.84 Å². The van der Waals surface area contributed by atoms with E-state index in [1.165, 1.54) is 88.5 Å². The third kappa shape index (κ3) is 13.4. The molecule has 0 aliphatic carbocycles. The molecule has 36 heavy (non-hydrogen) atoms. The van der Waals surface area contributed by atoms with Gasteiger partial charge in [0, 0.05) is 20.5 Å². The Hall–Kier alpha value is -1.88. The third-order valence-corrected chi connectivity index (χ3v) is 6.87. The van der Waals surface area contributed by atoms with E-state index in [2.05, 4.69) is 12.2 Å². The summed E-state index contributed by atoms with van der Waals surface area (Å²) in [4.78, 5) is 31.5. The lowest BCUT2D eigenvalue weighted by molar-refractivity contribution is -0.188. The Bertz CT molecular complexity index is 692. The van der Waals surface area contributed by atoms with E-state index in [0.717, 1.165) is 24.8 Å². The van der Waals surface area contributed by atoms with Gasteiger partial charge >= 0.3 is 5.97 Å². The number of benzene rings is 1. The second-order valence-electron chi connectivity index (χ2n) is 10.5. The summed E-state index contributed by atoms with van der Waals surface area (Å²) in [5, 5.41) is 4.45. The highest BCUT2D eigenvalue weighted by Gasteiger charge is 2.43. The van der Waals surface area contributed by atoms with Crippen LogP contribution in [0.5, 0.6) is 0 Å². The van der Waals surface area contributed by atoms with Crippen LogP contribution in [0.2, 0.25) is 0 Å². The molecule has 5 heteroatoms. The second-order valence-corrected chi connectivity index (χ2v) is 10.5. The number of carbonyl (C=O) groups excluding carboxylic acids is 2. The Balaban J connectivity index is 2.30. The summed E-state index contributed by atoms with van der Waals surface area (Å²) in [6.07, 6.45) is 21.1. The van der Waals surface area contributed by atoms with Crippen LogP contribution in [-0.4, -0.2) is 31.0 Å². The second kappa shape index (κ2) is 20.2. The molecule has 206 valence electrons. The summed E-state index contributed by atoms with van der Waals surface area (Å²) in [5.74, 6) is -0.525. The highest BCUT2D eigenvalue weighted by molar-refractivity contribution is 5.89. The first-order valence-corrected chi connectivity index (χ1v) is 14.7. The van der Waals surface area contributed by atoms with Crippen LogP contribution in [0.25, 0.3) is 0 Å². The fraction of sp³-hybridized carbons (Fsp3) is 0.742. The Morgan fingerprint density at radius 2 is 1.19 bits per heavy atom. The van der Waals surface area contributed by atoms with E-state index in [9.17, 15) is 9.59 Å². The van der Waals surface area contributed by atoms with Gasteiger partial charge in [-0.2, -0.15) is 0 Å². The molecule has 0 spiro atoms. The van der Waals surface area contributed by atoms with Gasteiger partial charge in [-0.15, -0.1) is 5.06 Å². The number of unbranched alkanes of at least 4 members (excludes halogenated alkanes) is 14. The predicted molar refractivity (Wildman–Crippen MR) is 150 cm³/mol. The standard InChI is InChI=1S/C31H54N2O3/c1-5-7-8-9-10-11-12-13-14-15-16-17-18-19-23-26-29(34)32-31(27-6-2,30(35)36-33(3)4)28-24-21-20-22-25-28/h20-22,24-25H,5-19,23,26-27H2,1-4H3,(H,32,34). The average molecular weight is 503 g/mol. The van der Waals surface area contributed by atoms with E-state index in [-0.39, 0.29) is 5.91 Å². The molecule has 0 aliphatic heterocycles. The van der Waals surface area contributed by atoms with Gasteiger partial charge in [-0.3, -0.25) is 4.79 Å². The maximum absolute atomic E-state index is 13.1. The predicted octanol–water partition coefficient (Wildman–Crippen LogP) is 8.08. The van der Waals surface area contributed by atoms with Gasteiger partial charge in [0.25, 0.3) is 0 Å². The fourth-order valence-corrected chi connectivity index (χ4v) is 4.85. The Morgan fingerprint density at radius 1 is 0.722 bits per heavy atom. The van der Waals surface area contributed by atoms with Gasteiger partial charge < -0.3 is 10.2 Å². The molecule has 0 bridgehead atoms. The van der Waals surface area contributed by atoms with Crippen LogP contribution in [-0.2, 0) is 20.0 Å². The molecule has 0 heterocycles. The van der Waals surface area contributed by atoms with Crippen LogP contribution in [0.4, 0.5) is 0 Å². The summed E-state index contributed by atoms with van der Waals surface area (Å²) in [6, 6.07) is 9.48. The lowest BCUT2D eigenvalue weighted by Crippen LogP contribution is -2.53. The summed E-state index contributed by atoms with van der Waals surface area (Å²) < 4.78 is 0. The zero-order valence-electron chi connectivity index (χ0n) is 23.8. The maximum atomic E-state index is 13.1. The van der Waals surface area contributed by atoms with Gasteiger partial charge in [-0.05, 0) is 18.4 Å². The van der Waals surface area contributed by atoms with Gasteiger partial charge in [-0.25, -0.2) is 4.79 Å². The van der Waals surface area contributed by atoms with Crippen molar-refractivity contribution in [3.63, 3.8) is 0 Å². The SMILES string of the molecule is CCCCCCCCCCCCCCCCCC(=O)NC(CCC)(C(=O)ON(C)C)c1ccccc1. The lowest BCUT2D eigenvalue weighted by atomic mass is 9.85. The quantitative estimate of drug-likeness (QED) is 0.129. The van der Waals surface area contributed by atoms with E-state index < -0.39 is 11.5 Å². The third-order valence-electron chi connectivity index (χ3n) is 6.87. The van der Waals surface area contributed by atoms with Crippen LogP contribution in [0.15, 0.2) is 30.3 Å². The summed E-state index contributed by atoms with van der Waals surface area (Å²) >= 11 is 0. The molecule has 1 atom stereocenters. The summed E-state index contributed by atoms with van der Waals surface area (Å²) in [5.41, 5.74) is -0.393. The monoisotopic (exact) mass is 502 g/mol. The van der Waals surface area contributed by atoms with Crippen molar-refractivity contribution >= 4 is 11.9 Å². The van der Waals surface area contributed by atoms with E-state index in [1.54, 1.807) is 14.1 Å². The zero-order chi connectivity index (χ0) is 26.5. The van der Waals surface area contributed by atoms with Gasteiger partial charge in [0.15, 0.2) is 5.54 Å². The van der Waals surface area contributed by atoms with Crippen molar-refractivity contribution in [1.29, 1.82) is 0 Å². The number of amides is 1. The van der Waals surface area contributed by atoms with Gasteiger partial charge in [0.2, 0.25) is 5.91 Å². The smallest absolute Gasteiger partial charge is 0.355 e. The molecule has 1 unspecified atom stereocenters. The van der Waals surface area contributed by atoms with Crippen molar-refractivity contribution in [2.45, 2.75) is 135 Å². The number of nitrogens with one attached hydrogen (secondary N) is 1. The largest absolute Gasteiger partial charge is 0.366 e. The number of hydroxylamine groups is 2. The van der Waals surface area contributed by atoms with Crippen molar-refractivity contribution in [2.24, 2.45) is 0 Å². The minimum atomic E-state index is -1.16. The first-order valence-electron chi connectivity index (χ1n) is 14.7. The molecule has 1 aromatic carbocycles. The topological polar surface area (TPSA) is 58.6 Å². The van der Waals surface area contributed by atoms with Crippen molar-refractivity contribution in [1.82, 2.24) is 10.4 Å². The molecule has 1 rings (SSSR count). The molecule has 0 aliphatic rings. The molecule has 1 amide bonds. The van der Waals surface area contributed by atoms with Gasteiger partial charge in [0.05, 0.1) is 0 Å². The van der Waals surface area contributed by atoms with Crippen molar-refractivity contribution < 1.29 is 14.4 Å². The van der Waals surface area contributed by atoms with E-state index in [1.807, 2.05) is 37.3 Å². The number of hydrogen-bond donors (Lipinski definition) is 1. The summed E-state index contributed by atoms with van der Waals surface area (Å²) in [6.45, 7) is 4.29. The zero-order valence-corrected chi connectivity index (χ0v) is 23.8. The molecule has 1 aromatic rings. The van der Waals surface area contributed by atoms with Gasteiger partial charge in [-0.1, -0.05) is 140 Å². The van der Waals surface area contributed by atoms with Crippen molar-refractivity contribution in [3.05, 3.63) is 35.9 Å². The first kappa shape index (κ1) is 32.1. The molecule has 0 fully saturated rings. The highest BCUT2D eigenvalue weighted by Crippen LogP contribution is 2.29. The number of hydrogen-bond acceptors (Lipinski definition) is 4. The van der Waals surface area contributed by atoms with Crippen molar-refractivity contribution in [2.75, 3.05) is 14.1 Å². The minimum absolute atomic E-state index is 0.0855. The van der Waals surface area contributed by atoms with Crippen LogP contribution in [0.1, 0.15) is 135 Å². The van der Waals surface area contributed by atoms with Crippen molar-refractivity contribution in [3.8, 4) is 0 Å². The molecule has 5 nitrogen and oxygen atoms in total. The maximum Gasteiger partial charge on any atom is 0.355 e. The average Bonchev–Trinajstić information content (AvgIpc) is 2.86. The molecule has 1 N–H and O–H groups in total. The van der Waals surface area contributed by atoms with Crippen LogP contribution >= 0.6 is 0 Å². The van der Waals surface area contributed by atoms with Crippen LogP contribution in [0, 0.1) is 0 Å². The lowest BCUT2D eigenvalue weighted by Gasteiger charge is -2.33. The number of carbonyl (C=O) groups is 2. The molecular formula is C31H54N2O3.